The summed E-state index contributed by atoms with van der Waals surface area (Å²) in [6.45, 7) is 0. The van der Waals surface area contributed by atoms with Gasteiger partial charge in [0.15, 0.2) is 11.7 Å². The van der Waals surface area contributed by atoms with E-state index in [0.717, 1.165) is 89.4 Å². The van der Waals surface area contributed by atoms with Gasteiger partial charge in [-0.3, -0.25) is 4.98 Å². The number of nitrogens with zero attached hydrogens (tertiary/aromatic N) is 14. The van der Waals surface area contributed by atoms with Crippen molar-refractivity contribution < 1.29 is 89.8 Å². The zero-order valence-corrected chi connectivity index (χ0v) is 51.5. The van der Waals surface area contributed by atoms with Crippen LogP contribution in [-0.4, -0.2) is 67.5 Å². The molecule has 0 spiro atoms. The van der Waals surface area contributed by atoms with Gasteiger partial charge in [0, 0.05) is 32.9 Å². The van der Waals surface area contributed by atoms with Crippen molar-refractivity contribution >= 4 is 57.0 Å². The lowest BCUT2D eigenvalue weighted by molar-refractivity contribution is -0.138. The van der Waals surface area contributed by atoms with Gasteiger partial charge in [0.05, 0.1) is 63.2 Å². The number of anilines is 5. The number of nitriles is 3. The van der Waals surface area contributed by atoms with Crippen molar-refractivity contribution in [2.75, 3.05) is 16.4 Å². The van der Waals surface area contributed by atoms with E-state index in [1.54, 1.807) is 36.5 Å². The van der Waals surface area contributed by atoms with Crippen LogP contribution >= 0.6 is 15.9 Å². The standard InChI is InChI=1S/C15H11F3N6O2.C15H8F3N5O.C9H6F3N3O.C8H7F3N2O.C8H4F3N.C6H3BrN2.CH4/c16-15(17,18)9-3-1-8(2-4-9)13-22-14(26-24-13)21-10-5-6-11(20-7-10)12(19)23-25;16-15(17,18)10-3-1-9(2-4-10)13-22-14(24-23-13)21-12-6-5-11(7-19)20-8-12;10-9(11,12)6-3-1-5(2-4-6)7-14-8(13)16-15-7;9-8(10,11)6-3-1-5(2-4-6)7(12)13-14;9-8(10,11)7-3-1-6(5-12)2-4-7;7-5-1-2-6(3-8)9-4-5;/h1-7,25H,(H2,19,23)(H,21,22,24);1-6,8H,(H,21,22,23);1-4H,(H2,13,14,15);1-4,14H,(H2,12,13);1-4H;1-2,4H;1H4. The van der Waals surface area contributed by atoms with E-state index in [9.17, 15) is 65.9 Å². The highest BCUT2D eigenvalue weighted by molar-refractivity contribution is 9.10. The van der Waals surface area contributed by atoms with Gasteiger partial charge in [-0.25, -0.2) is 9.97 Å². The number of nitrogen functional groups attached to an aromatic ring is 1. The number of nitrogens with two attached hydrogens (primary N) is 3. The Kier molecular flexibility index (Phi) is 27.6. The molecule has 6 heterocycles. The molecule has 0 bridgehead atoms. The summed E-state index contributed by atoms with van der Waals surface area (Å²) >= 11 is 3.20. The summed E-state index contributed by atoms with van der Waals surface area (Å²) in [5, 5.41) is 64.1. The van der Waals surface area contributed by atoms with Crippen molar-refractivity contribution in [2.45, 2.75) is 38.3 Å². The van der Waals surface area contributed by atoms with Gasteiger partial charge in [-0.15, -0.1) is 0 Å². The van der Waals surface area contributed by atoms with Gasteiger partial charge < -0.3 is 51.8 Å². The van der Waals surface area contributed by atoms with Crippen LogP contribution in [0.2, 0.25) is 0 Å². The van der Waals surface area contributed by atoms with Crippen LogP contribution in [0.4, 0.5) is 95.3 Å². The molecule has 0 atom stereocenters. The van der Waals surface area contributed by atoms with Crippen LogP contribution in [0.1, 0.15) is 63.5 Å². The van der Waals surface area contributed by atoms with E-state index in [4.69, 9.17) is 52.4 Å². The first-order valence-electron chi connectivity index (χ1n) is 27.0. The normalized spacial score (nSPS) is 11.3. The number of rotatable bonds is 9. The van der Waals surface area contributed by atoms with Crippen LogP contribution < -0.4 is 27.8 Å². The molecule has 0 radical (unpaired) electrons. The molecule has 11 aromatic rings. The van der Waals surface area contributed by atoms with Gasteiger partial charge in [-0.2, -0.15) is 96.6 Å². The lowest BCUT2D eigenvalue weighted by atomic mass is 10.1. The molecule has 0 unspecified atom stereocenters. The molecule has 10 N–H and O–H groups in total. The van der Waals surface area contributed by atoms with Gasteiger partial charge in [0.2, 0.25) is 17.5 Å². The predicted molar refractivity (Wildman–Crippen MR) is 334 cm³/mol. The molecule has 0 saturated heterocycles. The molecule has 0 aliphatic carbocycles. The Balaban J connectivity index is 0.000000228. The van der Waals surface area contributed by atoms with Crippen LogP contribution in [0.25, 0.3) is 34.2 Å². The molecule has 102 heavy (non-hydrogen) atoms. The number of hydrogen-bond acceptors (Lipinski definition) is 22. The molecule has 0 fully saturated rings. The Labute approximate surface area is 571 Å². The molecule has 24 nitrogen and oxygen atoms in total. The number of aromatic nitrogens is 9. The van der Waals surface area contributed by atoms with E-state index in [-0.39, 0.29) is 77.1 Å². The van der Waals surface area contributed by atoms with Crippen molar-refractivity contribution in [3.05, 3.63) is 237 Å². The van der Waals surface area contributed by atoms with Gasteiger partial charge in [-0.1, -0.05) is 81.7 Å². The first-order chi connectivity index (χ1) is 47.6. The van der Waals surface area contributed by atoms with Crippen LogP contribution in [0.5, 0.6) is 0 Å². The molecule has 40 heteroatoms. The molecule has 0 amide bonds. The number of benzene rings is 5. The number of hydrogen-bond donors (Lipinski definition) is 7. The van der Waals surface area contributed by atoms with E-state index < -0.39 is 58.7 Å². The molecule has 528 valence electrons. The molecule has 0 aliphatic rings. The number of pyridine rings is 3. The third-order valence-corrected chi connectivity index (χ3v) is 12.5. The number of halogens is 16. The fourth-order valence-electron chi connectivity index (χ4n) is 7.08. The van der Waals surface area contributed by atoms with Crippen molar-refractivity contribution in [3.63, 3.8) is 0 Å². The van der Waals surface area contributed by atoms with Crippen molar-refractivity contribution in [3.8, 4) is 52.4 Å². The molecule has 11 rings (SSSR count). The fraction of sp³-hybridized carbons (Fsp3) is 0.0968. The third kappa shape index (κ3) is 24.4. The van der Waals surface area contributed by atoms with Gasteiger partial charge in [0.1, 0.15) is 29.2 Å². The molecular weight excluding hydrogens is 1460 g/mol. The highest BCUT2D eigenvalue weighted by atomic mass is 79.9. The molecule has 0 saturated carbocycles. The number of alkyl halides is 15. The quantitative estimate of drug-likeness (QED) is 0.0232. The van der Waals surface area contributed by atoms with E-state index in [0.29, 0.717) is 33.8 Å². The lowest BCUT2D eigenvalue weighted by Gasteiger charge is -2.06. The summed E-state index contributed by atoms with van der Waals surface area (Å²) in [5.41, 5.74) is 15.6. The van der Waals surface area contributed by atoms with Crippen LogP contribution in [0, 0.1) is 34.0 Å². The van der Waals surface area contributed by atoms with Gasteiger partial charge in [-0.05, 0) is 125 Å². The average molecular weight is 1500 g/mol. The van der Waals surface area contributed by atoms with E-state index in [1.165, 1.54) is 60.9 Å². The number of amidine groups is 2. The highest BCUT2D eigenvalue weighted by Crippen LogP contribution is 2.35. The maximum Gasteiger partial charge on any atom is 0.416 e. The second-order valence-corrected chi connectivity index (χ2v) is 19.9. The Bertz CT molecular complexity index is 4650. The summed E-state index contributed by atoms with van der Waals surface area (Å²) in [4.78, 5) is 23.4. The van der Waals surface area contributed by atoms with Gasteiger partial charge >= 0.3 is 48.9 Å². The van der Waals surface area contributed by atoms with Crippen LogP contribution in [-0.2, 0) is 30.9 Å². The minimum atomic E-state index is -4.41. The SMILES string of the molecule is C.N#Cc1ccc(Br)cn1.N#Cc1ccc(C(F)(F)F)cc1.N#Cc1ccc(Nc2nc(-c3ccc(C(F)(F)F)cc3)no2)cn1.N/C(=N\O)c1ccc(C(F)(F)F)cc1.N/C(=N\O)c1ccc(Nc2nc(-c3ccc(C(F)(F)F)cc3)no2)cn1.Nc1nc(-c2ccc(C(F)(F)F)cc2)no1. The zero-order chi connectivity index (χ0) is 74.3. The smallest absolute Gasteiger partial charge is 0.409 e. The number of nitrogens with one attached hydrogen (secondary N) is 2. The minimum absolute atomic E-state index is 0. The van der Waals surface area contributed by atoms with E-state index in [2.05, 4.69) is 86.8 Å². The van der Waals surface area contributed by atoms with Crippen LogP contribution in [0.3, 0.4) is 0 Å². The minimum Gasteiger partial charge on any atom is -0.409 e. The number of oxime groups is 2. The van der Waals surface area contributed by atoms with Crippen molar-refractivity contribution in [2.24, 2.45) is 21.8 Å². The van der Waals surface area contributed by atoms with E-state index in [1.807, 2.05) is 12.1 Å². The maximum atomic E-state index is 12.6. The summed E-state index contributed by atoms with van der Waals surface area (Å²) < 4.78 is 200. The van der Waals surface area contributed by atoms with Gasteiger partial charge in [0.25, 0.3) is 0 Å². The largest absolute Gasteiger partial charge is 0.416 e. The fourth-order valence-corrected chi connectivity index (χ4v) is 7.31. The Hall–Kier alpha value is -13.2. The molecule has 0 aliphatic heterocycles. The molecule has 5 aromatic carbocycles. The predicted octanol–water partition coefficient (Wildman–Crippen LogP) is 15.8. The summed E-state index contributed by atoms with van der Waals surface area (Å²) in [6, 6.07) is 36.4. The monoisotopic (exact) mass is 1500 g/mol. The maximum absolute atomic E-state index is 12.6. The summed E-state index contributed by atoms with van der Waals surface area (Å²) in [5.74, 6) is 0.0687. The lowest BCUT2D eigenvalue weighted by Crippen LogP contribution is -2.14. The average Bonchev–Trinajstić information content (AvgIpc) is 1.58. The van der Waals surface area contributed by atoms with Crippen molar-refractivity contribution in [1.29, 1.82) is 15.8 Å². The first kappa shape index (κ1) is 79.5. The second-order valence-electron chi connectivity index (χ2n) is 19.0. The Morgan fingerprint density at radius 3 is 1.07 bits per heavy atom. The molecule has 6 aromatic heterocycles. The first-order valence-corrected chi connectivity index (χ1v) is 27.8. The van der Waals surface area contributed by atoms with Crippen molar-refractivity contribution in [1.82, 2.24) is 45.4 Å². The Morgan fingerprint density at radius 1 is 0.422 bits per heavy atom. The molecular formula is C62H43BrF15N19O5. The van der Waals surface area contributed by atoms with Crippen LogP contribution in [0.15, 0.2) is 205 Å². The Morgan fingerprint density at radius 2 is 0.765 bits per heavy atom. The zero-order valence-electron chi connectivity index (χ0n) is 49.9. The topological polar surface area (TPSA) is 394 Å². The summed E-state index contributed by atoms with van der Waals surface area (Å²) in [6.07, 6.45) is -17.4. The third-order valence-electron chi connectivity index (χ3n) is 12.0. The summed E-state index contributed by atoms with van der Waals surface area (Å²) in [7, 11) is 0. The van der Waals surface area contributed by atoms with E-state index >= 15 is 0 Å². The second kappa shape index (κ2) is 35.4. The highest BCUT2D eigenvalue weighted by Gasteiger charge is 2.33.